The molecule has 3 nitrogen and oxygen atoms in total. The minimum Gasteiger partial charge on any atom is -0.454 e. The van der Waals surface area contributed by atoms with Crippen LogP contribution in [-0.2, 0) is 0 Å². The lowest BCUT2D eigenvalue weighted by Gasteiger charge is -2.18. The Morgan fingerprint density at radius 2 is 2.00 bits per heavy atom. The van der Waals surface area contributed by atoms with Crippen molar-refractivity contribution in [2.45, 2.75) is 19.8 Å². The SMILES string of the molecule is CC(C)C(CO)c1ccc2c(c1)OCO2. The van der Waals surface area contributed by atoms with Crippen LogP contribution in [0.25, 0.3) is 0 Å². The summed E-state index contributed by atoms with van der Waals surface area (Å²) in [6, 6.07) is 5.86. The first-order valence-corrected chi connectivity index (χ1v) is 5.22. The maximum absolute atomic E-state index is 9.33. The van der Waals surface area contributed by atoms with Crippen LogP contribution in [-0.4, -0.2) is 18.5 Å². The molecule has 15 heavy (non-hydrogen) atoms. The van der Waals surface area contributed by atoms with Gasteiger partial charge in [0, 0.05) is 5.92 Å². The molecule has 1 unspecified atom stereocenters. The Kier molecular flexibility index (Phi) is 2.82. The van der Waals surface area contributed by atoms with Gasteiger partial charge in [-0.15, -0.1) is 0 Å². The lowest BCUT2D eigenvalue weighted by atomic mass is 9.89. The molecule has 1 aromatic rings. The van der Waals surface area contributed by atoms with E-state index in [1.807, 2.05) is 18.2 Å². The normalized spacial score (nSPS) is 15.7. The van der Waals surface area contributed by atoms with Gasteiger partial charge in [-0.2, -0.15) is 0 Å². The second-order valence-corrected chi connectivity index (χ2v) is 4.15. The zero-order chi connectivity index (χ0) is 10.8. The zero-order valence-electron chi connectivity index (χ0n) is 9.06. The lowest BCUT2D eigenvalue weighted by Crippen LogP contribution is -2.10. The summed E-state index contributed by atoms with van der Waals surface area (Å²) in [6.45, 7) is 4.67. The molecule has 1 heterocycles. The predicted molar refractivity (Wildman–Crippen MR) is 57.2 cm³/mol. The number of aliphatic hydroxyl groups is 1. The summed E-state index contributed by atoms with van der Waals surface area (Å²) < 4.78 is 10.6. The molecule has 2 rings (SSSR count). The van der Waals surface area contributed by atoms with Crippen molar-refractivity contribution in [1.82, 2.24) is 0 Å². The summed E-state index contributed by atoms with van der Waals surface area (Å²) in [7, 11) is 0. The van der Waals surface area contributed by atoms with E-state index in [-0.39, 0.29) is 12.5 Å². The Morgan fingerprint density at radius 3 is 2.67 bits per heavy atom. The van der Waals surface area contributed by atoms with Gasteiger partial charge in [-0.1, -0.05) is 19.9 Å². The van der Waals surface area contributed by atoms with Crippen LogP contribution in [0.2, 0.25) is 0 Å². The molecule has 1 atom stereocenters. The molecule has 0 spiro atoms. The van der Waals surface area contributed by atoms with Crippen molar-refractivity contribution in [3.8, 4) is 11.5 Å². The average Bonchev–Trinajstić information content (AvgIpc) is 2.65. The van der Waals surface area contributed by atoms with Gasteiger partial charge in [0.25, 0.3) is 0 Å². The van der Waals surface area contributed by atoms with Crippen LogP contribution in [0.15, 0.2) is 18.2 Å². The molecule has 0 saturated heterocycles. The van der Waals surface area contributed by atoms with E-state index in [2.05, 4.69) is 13.8 Å². The van der Waals surface area contributed by atoms with Gasteiger partial charge in [0.1, 0.15) is 0 Å². The summed E-state index contributed by atoms with van der Waals surface area (Å²) in [5.74, 6) is 2.15. The molecular formula is C12H16O3. The fraction of sp³-hybridized carbons (Fsp3) is 0.500. The number of ether oxygens (including phenoxy) is 2. The molecule has 0 saturated carbocycles. The van der Waals surface area contributed by atoms with E-state index < -0.39 is 0 Å². The van der Waals surface area contributed by atoms with Crippen LogP contribution in [0.1, 0.15) is 25.3 Å². The molecule has 1 aromatic carbocycles. The summed E-state index contributed by atoms with van der Waals surface area (Å²) in [5, 5.41) is 9.33. The second kappa shape index (κ2) is 4.11. The van der Waals surface area contributed by atoms with Gasteiger partial charge in [-0.25, -0.2) is 0 Å². The predicted octanol–water partition coefficient (Wildman–Crippen LogP) is 2.15. The Labute approximate surface area is 89.6 Å². The third-order valence-corrected chi connectivity index (χ3v) is 2.83. The fourth-order valence-corrected chi connectivity index (χ4v) is 1.84. The summed E-state index contributed by atoms with van der Waals surface area (Å²) in [5.41, 5.74) is 1.11. The second-order valence-electron chi connectivity index (χ2n) is 4.15. The topological polar surface area (TPSA) is 38.7 Å². The number of benzene rings is 1. The number of hydrogen-bond acceptors (Lipinski definition) is 3. The van der Waals surface area contributed by atoms with Crippen LogP contribution in [0.4, 0.5) is 0 Å². The quantitative estimate of drug-likeness (QED) is 0.827. The van der Waals surface area contributed by atoms with Crippen molar-refractivity contribution >= 4 is 0 Å². The highest BCUT2D eigenvalue weighted by Gasteiger charge is 2.19. The van der Waals surface area contributed by atoms with Crippen LogP contribution in [0, 0.1) is 5.92 Å². The van der Waals surface area contributed by atoms with E-state index >= 15 is 0 Å². The Hall–Kier alpha value is -1.22. The summed E-state index contributed by atoms with van der Waals surface area (Å²) in [6.07, 6.45) is 0. The molecule has 0 radical (unpaired) electrons. The maximum Gasteiger partial charge on any atom is 0.231 e. The van der Waals surface area contributed by atoms with Crippen molar-refractivity contribution in [3.63, 3.8) is 0 Å². The molecule has 0 aromatic heterocycles. The highest BCUT2D eigenvalue weighted by atomic mass is 16.7. The molecule has 3 heteroatoms. The molecule has 82 valence electrons. The molecule has 1 aliphatic heterocycles. The van der Waals surface area contributed by atoms with Gasteiger partial charge in [-0.3, -0.25) is 0 Å². The summed E-state index contributed by atoms with van der Waals surface area (Å²) >= 11 is 0. The minimum atomic E-state index is 0.164. The monoisotopic (exact) mass is 208 g/mol. The van der Waals surface area contributed by atoms with Gasteiger partial charge >= 0.3 is 0 Å². The van der Waals surface area contributed by atoms with Crippen molar-refractivity contribution in [2.24, 2.45) is 5.92 Å². The molecular weight excluding hydrogens is 192 g/mol. The standard InChI is InChI=1S/C12H16O3/c1-8(2)10(6-13)9-3-4-11-12(5-9)15-7-14-11/h3-5,8,10,13H,6-7H2,1-2H3. The molecule has 0 amide bonds. The highest BCUT2D eigenvalue weighted by molar-refractivity contribution is 5.45. The number of rotatable bonds is 3. The highest BCUT2D eigenvalue weighted by Crippen LogP contribution is 2.36. The van der Waals surface area contributed by atoms with Crippen molar-refractivity contribution in [3.05, 3.63) is 23.8 Å². The van der Waals surface area contributed by atoms with Gasteiger partial charge in [0.2, 0.25) is 6.79 Å². The van der Waals surface area contributed by atoms with Gasteiger partial charge < -0.3 is 14.6 Å². The van der Waals surface area contributed by atoms with Crippen LogP contribution in [0.5, 0.6) is 11.5 Å². The van der Waals surface area contributed by atoms with E-state index in [4.69, 9.17) is 9.47 Å². The smallest absolute Gasteiger partial charge is 0.231 e. The van der Waals surface area contributed by atoms with Crippen molar-refractivity contribution in [1.29, 1.82) is 0 Å². The molecule has 0 bridgehead atoms. The number of aliphatic hydroxyl groups excluding tert-OH is 1. The summed E-state index contributed by atoms with van der Waals surface area (Å²) in [4.78, 5) is 0. The third kappa shape index (κ3) is 1.92. The van der Waals surface area contributed by atoms with E-state index in [9.17, 15) is 5.11 Å². The van der Waals surface area contributed by atoms with E-state index in [1.54, 1.807) is 0 Å². The van der Waals surface area contributed by atoms with Gasteiger partial charge in [0.05, 0.1) is 6.61 Å². The van der Waals surface area contributed by atoms with E-state index in [0.29, 0.717) is 12.7 Å². The molecule has 1 N–H and O–H groups in total. The Morgan fingerprint density at radius 1 is 1.27 bits per heavy atom. The van der Waals surface area contributed by atoms with Crippen molar-refractivity contribution < 1.29 is 14.6 Å². The van der Waals surface area contributed by atoms with E-state index in [1.165, 1.54) is 0 Å². The molecule has 0 aliphatic carbocycles. The van der Waals surface area contributed by atoms with E-state index in [0.717, 1.165) is 17.1 Å². The maximum atomic E-state index is 9.33. The zero-order valence-corrected chi connectivity index (χ0v) is 9.06. The molecule has 1 aliphatic rings. The first kappa shape index (κ1) is 10.3. The first-order chi connectivity index (χ1) is 7.22. The van der Waals surface area contributed by atoms with Crippen LogP contribution < -0.4 is 9.47 Å². The minimum absolute atomic E-state index is 0.164. The van der Waals surface area contributed by atoms with Crippen molar-refractivity contribution in [2.75, 3.05) is 13.4 Å². The first-order valence-electron chi connectivity index (χ1n) is 5.22. The fourth-order valence-electron chi connectivity index (χ4n) is 1.84. The van der Waals surface area contributed by atoms with Gasteiger partial charge in [-0.05, 0) is 23.6 Å². The lowest BCUT2D eigenvalue weighted by molar-refractivity contribution is 0.174. The third-order valence-electron chi connectivity index (χ3n) is 2.83. The largest absolute Gasteiger partial charge is 0.454 e. The number of hydrogen-bond donors (Lipinski definition) is 1. The van der Waals surface area contributed by atoms with Crippen LogP contribution >= 0.6 is 0 Å². The Balaban J connectivity index is 2.28. The van der Waals surface area contributed by atoms with Crippen LogP contribution in [0.3, 0.4) is 0 Å². The molecule has 0 fully saturated rings. The Bertz CT molecular complexity index is 347. The average molecular weight is 208 g/mol. The number of fused-ring (bicyclic) bond motifs is 1. The van der Waals surface area contributed by atoms with Gasteiger partial charge in [0.15, 0.2) is 11.5 Å².